The minimum absolute atomic E-state index is 0.255. The Labute approximate surface area is 135 Å². The molecule has 6 heteroatoms. The third-order valence-electron chi connectivity index (χ3n) is 4.41. The van der Waals surface area contributed by atoms with Crippen molar-refractivity contribution in [2.75, 3.05) is 13.2 Å². The molecular weight excluding hydrogens is 290 g/mol. The number of fused-ring (bicyclic) bond motifs is 3. The minimum Gasteiger partial charge on any atom is -0.371 e. The molecule has 6 nitrogen and oxygen atoms in total. The number of nitrogens with one attached hydrogen (secondary N) is 1. The molecule has 2 aromatic heterocycles. The van der Waals surface area contributed by atoms with Gasteiger partial charge in [-0.1, -0.05) is 6.07 Å². The molecule has 0 saturated carbocycles. The summed E-state index contributed by atoms with van der Waals surface area (Å²) >= 11 is 0. The third kappa shape index (κ3) is 2.64. The van der Waals surface area contributed by atoms with Crippen LogP contribution in [-0.4, -0.2) is 32.3 Å². The first-order chi connectivity index (χ1) is 11.2. The first kappa shape index (κ1) is 14.4. The number of ether oxygens (including phenoxy) is 1. The Hall–Kier alpha value is -2.18. The second-order valence-electron chi connectivity index (χ2n) is 6.14. The normalized spacial score (nSPS) is 17.6. The molecule has 4 rings (SSSR count). The van der Waals surface area contributed by atoms with E-state index in [0.29, 0.717) is 13.2 Å². The van der Waals surface area contributed by atoms with Crippen LogP contribution in [0, 0.1) is 6.92 Å². The van der Waals surface area contributed by atoms with E-state index in [1.807, 2.05) is 24.0 Å². The summed E-state index contributed by atoms with van der Waals surface area (Å²) in [4.78, 5) is 9.05. The van der Waals surface area contributed by atoms with Gasteiger partial charge in [-0.05, 0) is 24.6 Å². The van der Waals surface area contributed by atoms with E-state index >= 15 is 0 Å². The second-order valence-corrected chi connectivity index (χ2v) is 6.14. The molecule has 1 unspecified atom stereocenters. The molecule has 1 N–H and O–H groups in total. The lowest BCUT2D eigenvalue weighted by molar-refractivity contribution is 0.0563. The van der Waals surface area contributed by atoms with Gasteiger partial charge in [0.05, 0.1) is 30.2 Å². The Bertz CT molecular complexity index is 835. The van der Waals surface area contributed by atoms with Crippen LogP contribution in [0.15, 0.2) is 30.6 Å². The molecular formula is C17H21N5O. The van der Waals surface area contributed by atoms with Crippen LogP contribution >= 0.6 is 0 Å². The average molecular weight is 311 g/mol. The van der Waals surface area contributed by atoms with Crippen molar-refractivity contribution in [2.24, 2.45) is 7.05 Å². The fourth-order valence-electron chi connectivity index (χ4n) is 3.19. The van der Waals surface area contributed by atoms with Crippen molar-refractivity contribution in [1.82, 2.24) is 24.4 Å². The number of rotatable bonds is 4. The molecule has 1 atom stereocenters. The smallest absolute Gasteiger partial charge is 0.136 e. The number of imidazole rings is 2. The number of benzene rings is 1. The lowest BCUT2D eigenvalue weighted by atomic mass is 10.2. The van der Waals surface area contributed by atoms with Gasteiger partial charge in [-0.25, -0.2) is 9.97 Å². The van der Waals surface area contributed by atoms with E-state index in [1.165, 1.54) is 11.1 Å². The van der Waals surface area contributed by atoms with E-state index in [2.05, 4.69) is 40.0 Å². The summed E-state index contributed by atoms with van der Waals surface area (Å²) in [6.07, 6.45) is 3.79. The number of hydrogen-bond donors (Lipinski definition) is 1. The maximum Gasteiger partial charge on any atom is 0.136 e. The molecule has 23 heavy (non-hydrogen) atoms. The Kier molecular flexibility index (Phi) is 3.63. The summed E-state index contributed by atoms with van der Waals surface area (Å²) in [5.74, 6) is 2.05. The number of nitrogens with zero attached hydrogens (tertiary/aromatic N) is 4. The molecule has 120 valence electrons. The fraction of sp³-hybridized carbons (Fsp3) is 0.412. The molecule has 0 spiro atoms. The second kappa shape index (κ2) is 5.79. The van der Waals surface area contributed by atoms with Crippen LogP contribution in [0.2, 0.25) is 0 Å². The van der Waals surface area contributed by atoms with E-state index in [1.54, 1.807) is 0 Å². The van der Waals surface area contributed by atoms with Crippen LogP contribution in [0.25, 0.3) is 11.0 Å². The molecule has 3 heterocycles. The van der Waals surface area contributed by atoms with Gasteiger partial charge in [0.2, 0.25) is 0 Å². The molecule has 0 radical (unpaired) electrons. The average Bonchev–Trinajstić information content (AvgIpc) is 3.11. The molecule has 3 aromatic rings. The van der Waals surface area contributed by atoms with Gasteiger partial charge in [-0.15, -0.1) is 0 Å². The summed E-state index contributed by atoms with van der Waals surface area (Å²) in [5.41, 5.74) is 3.50. The topological polar surface area (TPSA) is 56.9 Å². The summed E-state index contributed by atoms with van der Waals surface area (Å²) in [7, 11) is 2.01. The van der Waals surface area contributed by atoms with Gasteiger partial charge in [-0.2, -0.15) is 0 Å². The maximum absolute atomic E-state index is 5.74. The zero-order valence-corrected chi connectivity index (χ0v) is 13.5. The van der Waals surface area contributed by atoms with Crippen molar-refractivity contribution in [3.05, 3.63) is 47.8 Å². The predicted octanol–water partition coefficient (Wildman–Crippen LogP) is 1.94. The first-order valence-electron chi connectivity index (χ1n) is 7.94. The Morgan fingerprint density at radius 1 is 1.39 bits per heavy atom. The summed E-state index contributed by atoms with van der Waals surface area (Å²) in [6.45, 7) is 5.00. The van der Waals surface area contributed by atoms with Gasteiger partial charge in [0.1, 0.15) is 18.3 Å². The Morgan fingerprint density at radius 3 is 3.13 bits per heavy atom. The van der Waals surface area contributed by atoms with Gasteiger partial charge < -0.3 is 19.2 Å². The Morgan fingerprint density at radius 2 is 2.30 bits per heavy atom. The van der Waals surface area contributed by atoms with Crippen LogP contribution in [0.3, 0.4) is 0 Å². The van der Waals surface area contributed by atoms with Crippen LogP contribution in [-0.2, 0) is 24.9 Å². The van der Waals surface area contributed by atoms with E-state index in [-0.39, 0.29) is 6.04 Å². The van der Waals surface area contributed by atoms with Crippen LogP contribution < -0.4 is 5.32 Å². The van der Waals surface area contributed by atoms with Crippen LogP contribution in [0.5, 0.6) is 0 Å². The summed E-state index contributed by atoms with van der Waals surface area (Å²) < 4.78 is 10.1. The molecule has 1 aliphatic rings. The monoisotopic (exact) mass is 311 g/mol. The first-order valence-corrected chi connectivity index (χ1v) is 7.94. The SMILES string of the molecule is Cc1ccc2nc3n(c2c1)C(CNCc1nccn1C)COC3. The highest BCUT2D eigenvalue weighted by molar-refractivity contribution is 5.77. The number of aryl methyl sites for hydroxylation is 2. The molecule has 1 aromatic carbocycles. The van der Waals surface area contributed by atoms with E-state index in [0.717, 1.165) is 30.3 Å². The highest BCUT2D eigenvalue weighted by Gasteiger charge is 2.23. The van der Waals surface area contributed by atoms with Gasteiger partial charge >= 0.3 is 0 Å². The molecule has 0 aliphatic carbocycles. The zero-order valence-electron chi connectivity index (χ0n) is 13.5. The fourth-order valence-corrected chi connectivity index (χ4v) is 3.19. The van der Waals surface area contributed by atoms with E-state index < -0.39 is 0 Å². The summed E-state index contributed by atoms with van der Waals surface area (Å²) in [5, 5.41) is 3.50. The predicted molar refractivity (Wildman–Crippen MR) is 88.1 cm³/mol. The molecule has 0 fully saturated rings. The van der Waals surface area contributed by atoms with E-state index in [4.69, 9.17) is 9.72 Å². The van der Waals surface area contributed by atoms with Crippen molar-refractivity contribution < 1.29 is 4.74 Å². The lowest BCUT2D eigenvalue weighted by Crippen LogP contribution is -2.33. The highest BCUT2D eigenvalue weighted by atomic mass is 16.5. The molecule has 0 bridgehead atoms. The third-order valence-corrected chi connectivity index (χ3v) is 4.41. The van der Waals surface area contributed by atoms with Gasteiger partial charge in [0, 0.05) is 26.0 Å². The van der Waals surface area contributed by atoms with Crippen molar-refractivity contribution in [2.45, 2.75) is 26.1 Å². The minimum atomic E-state index is 0.255. The number of aromatic nitrogens is 4. The Balaban J connectivity index is 1.56. The number of hydrogen-bond acceptors (Lipinski definition) is 4. The lowest BCUT2D eigenvalue weighted by Gasteiger charge is -2.26. The van der Waals surface area contributed by atoms with Crippen molar-refractivity contribution >= 4 is 11.0 Å². The molecule has 0 saturated heterocycles. The van der Waals surface area contributed by atoms with Crippen molar-refractivity contribution in [1.29, 1.82) is 0 Å². The van der Waals surface area contributed by atoms with Crippen molar-refractivity contribution in [3.63, 3.8) is 0 Å². The highest BCUT2D eigenvalue weighted by Crippen LogP contribution is 2.26. The molecule has 1 aliphatic heterocycles. The largest absolute Gasteiger partial charge is 0.371 e. The maximum atomic E-state index is 5.74. The van der Waals surface area contributed by atoms with Gasteiger partial charge in [0.25, 0.3) is 0 Å². The van der Waals surface area contributed by atoms with Crippen LogP contribution in [0.4, 0.5) is 0 Å². The standard InChI is InChI=1S/C17H21N5O/c1-12-3-4-14-15(7-12)22-13(10-23-11-17(22)20-14)8-18-9-16-19-5-6-21(16)2/h3-7,13,18H,8-11H2,1-2H3. The quantitative estimate of drug-likeness (QED) is 0.800. The van der Waals surface area contributed by atoms with Crippen molar-refractivity contribution in [3.8, 4) is 0 Å². The van der Waals surface area contributed by atoms with E-state index in [9.17, 15) is 0 Å². The zero-order chi connectivity index (χ0) is 15.8. The molecule has 0 amide bonds. The van der Waals surface area contributed by atoms with Gasteiger partial charge in [-0.3, -0.25) is 0 Å². The van der Waals surface area contributed by atoms with Gasteiger partial charge in [0.15, 0.2) is 0 Å². The van der Waals surface area contributed by atoms with Crippen LogP contribution in [0.1, 0.15) is 23.3 Å². The summed E-state index contributed by atoms with van der Waals surface area (Å²) in [6, 6.07) is 6.67.